The second-order valence-electron chi connectivity index (χ2n) is 6.69. The summed E-state index contributed by atoms with van der Waals surface area (Å²) < 4.78 is 5.73. The fourth-order valence-electron chi connectivity index (χ4n) is 2.82. The van der Waals surface area contributed by atoms with Gasteiger partial charge in [0.1, 0.15) is 11.5 Å². The van der Waals surface area contributed by atoms with Crippen molar-refractivity contribution in [3.63, 3.8) is 0 Å². The van der Waals surface area contributed by atoms with E-state index in [2.05, 4.69) is 10.6 Å². The first-order valence-corrected chi connectivity index (χ1v) is 9.57. The molecule has 1 atom stereocenters. The topological polar surface area (TPSA) is 67.4 Å². The van der Waals surface area contributed by atoms with Crippen LogP contribution in [0.25, 0.3) is 0 Å². The molecule has 5 nitrogen and oxygen atoms in total. The Bertz CT molecular complexity index is 925. The fourth-order valence-corrected chi connectivity index (χ4v) is 2.82. The highest BCUT2D eigenvalue weighted by Crippen LogP contribution is 2.22. The molecule has 0 saturated carbocycles. The predicted octanol–water partition coefficient (Wildman–Crippen LogP) is 5.08. The Morgan fingerprint density at radius 1 is 0.759 bits per heavy atom. The summed E-state index contributed by atoms with van der Waals surface area (Å²) in [6.45, 7) is 1.92. The molecule has 3 aromatic carbocycles. The molecular formula is C24H24N2O3. The van der Waals surface area contributed by atoms with Gasteiger partial charge >= 0.3 is 0 Å². The van der Waals surface area contributed by atoms with Gasteiger partial charge in [0.15, 0.2) is 0 Å². The molecule has 0 aromatic heterocycles. The summed E-state index contributed by atoms with van der Waals surface area (Å²) in [5, 5.41) is 5.71. The molecule has 0 saturated heterocycles. The van der Waals surface area contributed by atoms with Gasteiger partial charge in [-0.05, 0) is 48.9 Å². The summed E-state index contributed by atoms with van der Waals surface area (Å²) in [7, 11) is 0. The van der Waals surface area contributed by atoms with Crippen LogP contribution in [0.15, 0.2) is 84.9 Å². The Kier molecular flexibility index (Phi) is 7.00. The maximum atomic E-state index is 12.1. The van der Waals surface area contributed by atoms with E-state index < -0.39 is 0 Å². The van der Waals surface area contributed by atoms with E-state index >= 15 is 0 Å². The Balaban J connectivity index is 1.42. The summed E-state index contributed by atoms with van der Waals surface area (Å²) in [5.74, 6) is 1.08. The lowest BCUT2D eigenvalue weighted by Gasteiger charge is -2.14. The maximum absolute atomic E-state index is 12.1. The molecule has 148 valence electrons. The Morgan fingerprint density at radius 2 is 1.31 bits per heavy atom. The second-order valence-corrected chi connectivity index (χ2v) is 6.69. The smallest absolute Gasteiger partial charge is 0.224 e. The average molecular weight is 388 g/mol. The van der Waals surface area contributed by atoms with Crippen molar-refractivity contribution in [3.8, 4) is 11.5 Å². The van der Waals surface area contributed by atoms with Gasteiger partial charge < -0.3 is 15.4 Å². The van der Waals surface area contributed by atoms with Crippen LogP contribution in [0.1, 0.15) is 31.4 Å². The van der Waals surface area contributed by atoms with Crippen molar-refractivity contribution in [2.45, 2.75) is 25.8 Å². The first kappa shape index (κ1) is 20.1. The number of rotatable bonds is 8. The van der Waals surface area contributed by atoms with E-state index in [4.69, 9.17) is 4.74 Å². The summed E-state index contributed by atoms with van der Waals surface area (Å²) in [4.78, 5) is 24.2. The van der Waals surface area contributed by atoms with Gasteiger partial charge in [-0.15, -0.1) is 0 Å². The largest absolute Gasteiger partial charge is 0.457 e. The summed E-state index contributed by atoms with van der Waals surface area (Å²) >= 11 is 0. The van der Waals surface area contributed by atoms with Crippen molar-refractivity contribution < 1.29 is 14.3 Å². The minimum atomic E-state index is -0.204. The van der Waals surface area contributed by atoms with Gasteiger partial charge in [0, 0.05) is 18.5 Å². The standard InChI is InChI=1S/C24H24N2O3/c1-18(19-8-4-2-5-9-19)25-23(27)16-17-24(28)26-20-12-14-22(15-13-20)29-21-10-6-3-7-11-21/h2-15,18H,16-17H2,1H3,(H,25,27)(H,26,28)/t18-/m1/s1. The number of carbonyl (C=O) groups excluding carboxylic acids is 2. The second kappa shape index (κ2) is 10.1. The molecule has 0 heterocycles. The van der Waals surface area contributed by atoms with Crippen LogP contribution in [0.3, 0.4) is 0 Å². The molecule has 0 aliphatic rings. The molecule has 0 aliphatic heterocycles. The lowest BCUT2D eigenvalue weighted by atomic mass is 10.1. The number of hydrogen-bond acceptors (Lipinski definition) is 3. The molecule has 2 amide bonds. The van der Waals surface area contributed by atoms with E-state index in [0.717, 1.165) is 11.3 Å². The molecule has 2 N–H and O–H groups in total. The number of nitrogens with one attached hydrogen (secondary N) is 2. The molecular weight excluding hydrogens is 364 g/mol. The maximum Gasteiger partial charge on any atom is 0.224 e. The van der Waals surface area contributed by atoms with Crippen LogP contribution >= 0.6 is 0 Å². The van der Waals surface area contributed by atoms with E-state index in [1.54, 1.807) is 24.3 Å². The Labute approximate surface area is 170 Å². The lowest BCUT2D eigenvalue weighted by Crippen LogP contribution is -2.27. The third kappa shape index (κ3) is 6.50. The Morgan fingerprint density at radius 3 is 1.97 bits per heavy atom. The molecule has 0 spiro atoms. The van der Waals surface area contributed by atoms with Crippen LogP contribution in [0.5, 0.6) is 11.5 Å². The van der Waals surface area contributed by atoms with Crippen LogP contribution in [0.4, 0.5) is 5.69 Å². The number of para-hydroxylation sites is 1. The van der Waals surface area contributed by atoms with Crippen molar-refractivity contribution in [2.24, 2.45) is 0 Å². The molecule has 29 heavy (non-hydrogen) atoms. The van der Waals surface area contributed by atoms with E-state index in [-0.39, 0.29) is 30.7 Å². The molecule has 0 bridgehead atoms. The number of amides is 2. The summed E-state index contributed by atoms with van der Waals surface area (Å²) in [5.41, 5.74) is 1.69. The van der Waals surface area contributed by atoms with Crippen molar-refractivity contribution in [1.29, 1.82) is 0 Å². The van der Waals surface area contributed by atoms with Crippen LogP contribution in [0, 0.1) is 0 Å². The van der Waals surface area contributed by atoms with Crippen molar-refractivity contribution in [1.82, 2.24) is 5.32 Å². The van der Waals surface area contributed by atoms with Crippen LogP contribution in [0.2, 0.25) is 0 Å². The zero-order chi connectivity index (χ0) is 20.5. The minimum Gasteiger partial charge on any atom is -0.457 e. The average Bonchev–Trinajstić information content (AvgIpc) is 2.75. The van der Waals surface area contributed by atoms with Gasteiger partial charge in [0.05, 0.1) is 6.04 Å². The van der Waals surface area contributed by atoms with Crippen LogP contribution in [-0.4, -0.2) is 11.8 Å². The molecule has 0 radical (unpaired) electrons. The summed E-state index contributed by atoms with van der Waals surface area (Å²) in [6.07, 6.45) is 0.258. The first-order chi connectivity index (χ1) is 14.1. The quantitative estimate of drug-likeness (QED) is 0.566. The highest BCUT2D eigenvalue weighted by molar-refractivity contribution is 5.93. The summed E-state index contributed by atoms with van der Waals surface area (Å²) in [6, 6.07) is 26.2. The number of carbonyl (C=O) groups is 2. The third-order valence-corrected chi connectivity index (χ3v) is 4.37. The normalized spacial score (nSPS) is 11.3. The number of ether oxygens (including phenoxy) is 1. The first-order valence-electron chi connectivity index (χ1n) is 9.57. The fraction of sp³-hybridized carbons (Fsp3) is 0.167. The van der Waals surface area contributed by atoms with Gasteiger partial charge in [-0.3, -0.25) is 9.59 Å². The van der Waals surface area contributed by atoms with E-state index in [1.807, 2.05) is 67.6 Å². The van der Waals surface area contributed by atoms with Gasteiger partial charge in [0.25, 0.3) is 0 Å². The molecule has 0 fully saturated rings. The minimum absolute atomic E-state index is 0.0936. The lowest BCUT2D eigenvalue weighted by molar-refractivity contribution is -0.124. The molecule has 5 heteroatoms. The monoisotopic (exact) mass is 388 g/mol. The molecule has 0 aliphatic carbocycles. The zero-order valence-corrected chi connectivity index (χ0v) is 16.3. The van der Waals surface area contributed by atoms with E-state index in [1.165, 1.54) is 0 Å². The van der Waals surface area contributed by atoms with Crippen LogP contribution < -0.4 is 15.4 Å². The highest BCUT2D eigenvalue weighted by atomic mass is 16.5. The molecule has 0 unspecified atom stereocenters. The number of benzene rings is 3. The zero-order valence-electron chi connectivity index (χ0n) is 16.3. The number of hydrogen-bond donors (Lipinski definition) is 2. The van der Waals surface area contributed by atoms with Crippen LogP contribution in [-0.2, 0) is 9.59 Å². The number of anilines is 1. The van der Waals surface area contributed by atoms with Gasteiger partial charge in [-0.25, -0.2) is 0 Å². The van der Waals surface area contributed by atoms with E-state index in [9.17, 15) is 9.59 Å². The van der Waals surface area contributed by atoms with Crippen molar-refractivity contribution in [3.05, 3.63) is 90.5 Å². The van der Waals surface area contributed by atoms with Gasteiger partial charge in [-0.1, -0.05) is 48.5 Å². The van der Waals surface area contributed by atoms with E-state index in [0.29, 0.717) is 11.4 Å². The SMILES string of the molecule is C[C@@H](NC(=O)CCC(=O)Nc1ccc(Oc2ccccc2)cc1)c1ccccc1. The predicted molar refractivity (Wildman–Crippen MR) is 114 cm³/mol. The Hall–Kier alpha value is -3.60. The third-order valence-electron chi connectivity index (χ3n) is 4.37. The molecule has 3 aromatic rings. The highest BCUT2D eigenvalue weighted by Gasteiger charge is 2.11. The van der Waals surface area contributed by atoms with Crippen molar-refractivity contribution >= 4 is 17.5 Å². The molecule has 3 rings (SSSR count). The van der Waals surface area contributed by atoms with Gasteiger partial charge in [0.2, 0.25) is 11.8 Å². The van der Waals surface area contributed by atoms with Crippen molar-refractivity contribution in [2.75, 3.05) is 5.32 Å². The van der Waals surface area contributed by atoms with Gasteiger partial charge in [-0.2, -0.15) is 0 Å².